The van der Waals surface area contributed by atoms with Crippen LogP contribution >= 0.6 is 15.9 Å². The number of rotatable bonds is 3. The zero-order valence-electron chi connectivity index (χ0n) is 10.4. The molecule has 1 aromatic rings. The summed E-state index contributed by atoms with van der Waals surface area (Å²) >= 11 is 2.86. The molecule has 10 heteroatoms. The maximum absolute atomic E-state index is 13.6. The lowest BCUT2D eigenvalue weighted by Crippen LogP contribution is -2.32. The summed E-state index contributed by atoms with van der Waals surface area (Å²) < 4.78 is 36.1. The van der Waals surface area contributed by atoms with Crippen LogP contribution in [0, 0.1) is 5.82 Å². The van der Waals surface area contributed by atoms with Crippen molar-refractivity contribution in [2.75, 3.05) is 11.4 Å². The monoisotopic (exact) mass is 380 g/mol. The molecule has 0 spiro atoms. The summed E-state index contributed by atoms with van der Waals surface area (Å²) in [7, 11) is -3.94. The zero-order valence-corrected chi connectivity index (χ0v) is 12.8. The normalized spacial score (nSPS) is 19.1. The fourth-order valence-electron chi connectivity index (χ4n) is 2.06. The van der Waals surface area contributed by atoms with Crippen LogP contribution in [-0.4, -0.2) is 37.2 Å². The van der Waals surface area contributed by atoms with Crippen molar-refractivity contribution >= 4 is 43.5 Å². The fourth-order valence-corrected chi connectivity index (χ4v) is 3.13. The number of primary sulfonamides is 1. The third-order valence-electron chi connectivity index (χ3n) is 3.11. The van der Waals surface area contributed by atoms with E-state index in [1.54, 1.807) is 0 Å². The molecule has 0 bridgehead atoms. The van der Waals surface area contributed by atoms with Gasteiger partial charge in [0.1, 0.15) is 11.1 Å². The molecule has 1 heterocycles. The minimum Gasteiger partial charge on any atom is -0.478 e. The van der Waals surface area contributed by atoms with Crippen LogP contribution in [0.3, 0.4) is 0 Å². The Morgan fingerprint density at radius 1 is 1.48 bits per heavy atom. The summed E-state index contributed by atoms with van der Waals surface area (Å²) in [5.74, 6) is -2.75. The van der Waals surface area contributed by atoms with Crippen molar-refractivity contribution in [3.63, 3.8) is 0 Å². The van der Waals surface area contributed by atoms with Crippen LogP contribution < -0.4 is 10.0 Å². The highest BCUT2D eigenvalue weighted by atomic mass is 79.9. The van der Waals surface area contributed by atoms with Crippen molar-refractivity contribution in [1.82, 2.24) is 0 Å². The van der Waals surface area contributed by atoms with E-state index in [0.717, 1.165) is 17.0 Å². The molecule has 114 valence electrons. The second-order valence-electron chi connectivity index (χ2n) is 4.51. The molecule has 1 atom stereocenters. The van der Waals surface area contributed by atoms with Gasteiger partial charge in [0.05, 0.1) is 15.7 Å². The van der Waals surface area contributed by atoms with Crippen molar-refractivity contribution < 1.29 is 27.5 Å². The smallest absolute Gasteiger partial charge is 0.337 e. The molecule has 2 rings (SSSR count). The number of halogens is 2. The summed E-state index contributed by atoms with van der Waals surface area (Å²) in [6.07, 6.45) is -0.366. The molecular weight excluding hydrogens is 371 g/mol. The largest absolute Gasteiger partial charge is 0.478 e. The molecule has 1 fully saturated rings. The maximum Gasteiger partial charge on any atom is 0.337 e. The van der Waals surface area contributed by atoms with Gasteiger partial charge in [-0.2, -0.15) is 0 Å². The SMILES string of the molecule is NS(=O)(=O)C1CC(=O)N(c2cc(F)c(Br)cc2C(=O)O)C1. The number of carboxylic acid groups (broad SMARTS) is 1. The molecule has 0 saturated carbocycles. The Labute approximate surface area is 127 Å². The van der Waals surface area contributed by atoms with Crippen LogP contribution in [0.5, 0.6) is 0 Å². The van der Waals surface area contributed by atoms with Gasteiger partial charge in [0.2, 0.25) is 15.9 Å². The highest BCUT2D eigenvalue weighted by molar-refractivity contribution is 9.10. The molecule has 1 aliphatic rings. The summed E-state index contributed by atoms with van der Waals surface area (Å²) in [5.41, 5.74) is -0.508. The van der Waals surface area contributed by atoms with E-state index in [-0.39, 0.29) is 28.7 Å². The number of anilines is 1. The minimum atomic E-state index is -3.94. The van der Waals surface area contributed by atoms with E-state index in [1.165, 1.54) is 0 Å². The van der Waals surface area contributed by atoms with Crippen LogP contribution in [0.25, 0.3) is 0 Å². The van der Waals surface area contributed by atoms with Crippen molar-refractivity contribution in [2.45, 2.75) is 11.7 Å². The second kappa shape index (κ2) is 5.35. The molecule has 0 aromatic heterocycles. The highest BCUT2D eigenvalue weighted by Crippen LogP contribution is 2.31. The molecule has 21 heavy (non-hydrogen) atoms. The number of nitrogens with zero attached hydrogens (tertiary/aromatic N) is 1. The van der Waals surface area contributed by atoms with Crippen molar-refractivity contribution in [3.05, 3.63) is 28.0 Å². The first-order valence-electron chi connectivity index (χ1n) is 5.65. The lowest BCUT2D eigenvalue weighted by molar-refractivity contribution is -0.117. The van der Waals surface area contributed by atoms with Gasteiger partial charge in [0, 0.05) is 13.0 Å². The second-order valence-corrected chi connectivity index (χ2v) is 7.21. The fraction of sp³-hybridized carbons (Fsp3) is 0.273. The van der Waals surface area contributed by atoms with Crippen molar-refractivity contribution in [3.8, 4) is 0 Å². The van der Waals surface area contributed by atoms with Gasteiger partial charge >= 0.3 is 5.97 Å². The Hall–Kier alpha value is -1.52. The van der Waals surface area contributed by atoms with Crippen LogP contribution in [0.1, 0.15) is 16.8 Å². The quantitative estimate of drug-likeness (QED) is 0.799. The molecule has 1 amide bonds. The van der Waals surface area contributed by atoms with Gasteiger partial charge in [-0.05, 0) is 28.1 Å². The summed E-state index contributed by atoms with van der Waals surface area (Å²) in [5, 5.41) is 13.0. The van der Waals surface area contributed by atoms with Crippen molar-refractivity contribution in [2.24, 2.45) is 5.14 Å². The van der Waals surface area contributed by atoms with E-state index in [0.29, 0.717) is 0 Å². The first-order valence-corrected chi connectivity index (χ1v) is 8.06. The average molecular weight is 381 g/mol. The number of hydrogen-bond acceptors (Lipinski definition) is 4. The van der Waals surface area contributed by atoms with Crippen LogP contribution in [-0.2, 0) is 14.8 Å². The van der Waals surface area contributed by atoms with E-state index in [2.05, 4.69) is 15.9 Å². The number of amides is 1. The molecule has 1 aliphatic heterocycles. The summed E-state index contributed by atoms with van der Waals surface area (Å²) in [6, 6.07) is 1.89. The van der Waals surface area contributed by atoms with E-state index in [1.807, 2.05) is 0 Å². The Morgan fingerprint density at radius 2 is 2.10 bits per heavy atom. The van der Waals surface area contributed by atoms with Gasteiger partial charge in [-0.1, -0.05) is 0 Å². The number of benzene rings is 1. The first-order chi connectivity index (χ1) is 9.61. The maximum atomic E-state index is 13.6. The molecule has 0 aliphatic carbocycles. The minimum absolute atomic E-state index is 0.0710. The molecular formula is C11H10BrFN2O5S. The number of carbonyl (C=O) groups excluding carboxylic acids is 1. The Bertz CT molecular complexity index is 736. The van der Waals surface area contributed by atoms with Gasteiger partial charge in [0.15, 0.2) is 0 Å². The molecule has 1 aromatic carbocycles. The molecule has 7 nitrogen and oxygen atoms in total. The van der Waals surface area contributed by atoms with Gasteiger partial charge < -0.3 is 10.0 Å². The first kappa shape index (κ1) is 15.9. The number of nitrogens with two attached hydrogens (primary N) is 1. The van der Waals surface area contributed by atoms with Crippen LogP contribution in [0.4, 0.5) is 10.1 Å². The highest BCUT2D eigenvalue weighted by Gasteiger charge is 2.38. The zero-order chi connectivity index (χ0) is 15.9. The average Bonchev–Trinajstić information content (AvgIpc) is 2.74. The van der Waals surface area contributed by atoms with E-state index in [4.69, 9.17) is 10.2 Å². The van der Waals surface area contributed by atoms with Gasteiger partial charge in [-0.15, -0.1) is 0 Å². The van der Waals surface area contributed by atoms with E-state index in [9.17, 15) is 22.4 Å². The third-order valence-corrected chi connectivity index (χ3v) is 4.97. The number of carbonyl (C=O) groups is 2. The molecule has 0 radical (unpaired) electrons. The molecule has 1 saturated heterocycles. The van der Waals surface area contributed by atoms with Crippen LogP contribution in [0.15, 0.2) is 16.6 Å². The predicted molar refractivity (Wildman–Crippen MR) is 74.9 cm³/mol. The third kappa shape index (κ3) is 3.06. The van der Waals surface area contributed by atoms with Crippen molar-refractivity contribution in [1.29, 1.82) is 0 Å². The Morgan fingerprint density at radius 3 is 2.57 bits per heavy atom. The molecule has 1 unspecified atom stereocenters. The van der Waals surface area contributed by atoms with Crippen LogP contribution in [0.2, 0.25) is 0 Å². The summed E-state index contributed by atoms with van der Waals surface area (Å²) in [4.78, 5) is 24.0. The topological polar surface area (TPSA) is 118 Å². The van der Waals surface area contributed by atoms with Gasteiger partial charge in [0.25, 0.3) is 0 Å². The lowest BCUT2D eigenvalue weighted by Gasteiger charge is -2.19. The van der Waals surface area contributed by atoms with E-state index >= 15 is 0 Å². The predicted octanol–water partition coefficient (Wildman–Crippen LogP) is 0.680. The number of hydrogen-bond donors (Lipinski definition) is 2. The standard InChI is InChI=1S/C11H10BrFN2O5S/c12-7-2-6(11(17)18)9(3-8(7)13)15-4-5(1-10(15)16)21(14,19)20/h2-3,5H,1,4H2,(H,17,18)(H2,14,19,20). The lowest BCUT2D eigenvalue weighted by atomic mass is 10.1. The number of carboxylic acids is 1. The van der Waals surface area contributed by atoms with E-state index < -0.39 is 33.0 Å². The number of aromatic carboxylic acids is 1. The van der Waals surface area contributed by atoms with Gasteiger partial charge in [-0.3, -0.25) is 4.79 Å². The molecule has 3 N–H and O–H groups in total. The Balaban J connectivity index is 2.50. The Kier molecular flexibility index (Phi) is 4.04. The summed E-state index contributed by atoms with van der Waals surface area (Å²) in [6.45, 7) is -0.307. The van der Waals surface area contributed by atoms with Gasteiger partial charge in [-0.25, -0.2) is 22.7 Å². The number of sulfonamides is 1.